The van der Waals surface area contributed by atoms with Gasteiger partial charge in [-0.05, 0) is 49.7 Å². The normalized spacial score (nSPS) is 10.5. The van der Waals surface area contributed by atoms with Gasteiger partial charge in [-0.1, -0.05) is 6.07 Å². The molecule has 0 radical (unpaired) electrons. The van der Waals surface area contributed by atoms with Crippen LogP contribution in [-0.2, 0) is 0 Å². The molecule has 0 saturated heterocycles. The molecular weight excluding hydrogens is 336 g/mol. The first-order valence-electron chi connectivity index (χ1n) is 7.74. The van der Waals surface area contributed by atoms with E-state index in [4.69, 9.17) is 0 Å². The van der Waals surface area contributed by atoms with Crippen LogP contribution in [0.5, 0.6) is 0 Å². The molecule has 3 N–H and O–H groups in total. The van der Waals surface area contributed by atoms with Crippen LogP contribution in [0.1, 0.15) is 20.9 Å². The van der Waals surface area contributed by atoms with Crippen molar-refractivity contribution in [2.45, 2.75) is 13.8 Å². The van der Waals surface area contributed by atoms with Gasteiger partial charge in [0.15, 0.2) is 0 Å². The minimum Gasteiger partial charge on any atom is -0.341 e. The van der Waals surface area contributed by atoms with E-state index in [0.717, 1.165) is 20.8 Å². The molecule has 0 aliphatic carbocycles. The largest absolute Gasteiger partial charge is 0.341 e. The van der Waals surface area contributed by atoms with Crippen LogP contribution < -0.4 is 16.0 Å². The highest BCUT2D eigenvalue weighted by Crippen LogP contribution is 2.25. The van der Waals surface area contributed by atoms with E-state index in [0.29, 0.717) is 16.9 Å². The summed E-state index contributed by atoms with van der Waals surface area (Å²) in [5.41, 5.74) is 3.49. The monoisotopic (exact) mass is 354 g/mol. The number of hydrogen-bond acceptors (Lipinski definition) is 4. The number of aromatic nitrogens is 1. The van der Waals surface area contributed by atoms with Crippen LogP contribution >= 0.6 is 11.3 Å². The molecular formula is C18H18N4O2S. The molecule has 3 amide bonds. The van der Waals surface area contributed by atoms with Crippen LogP contribution in [0.2, 0.25) is 0 Å². The molecule has 25 heavy (non-hydrogen) atoms. The van der Waals surface area contributed by atoms with Gasteiger partial charge in [0, 0.05) is 24.0 Å². The summed E-state index contributed by atoms with van der Waals surface area (Å²) in [7, 11) is 1.54. The number of fused-ring (bicyclic) bond motifs is 1. The number of hydrogen-bond donors (Lipinski definition) is 3. The van der Waals surface area contributed by atoms with Gasteiger partial charge in [-0.2, -0.15) is 0 Å². The minimum absolute atomic E-state index is 0.244. The number of aryl methyl sites for hydroxylation is 2. The van der Waals surface area contributed by atoms with Crippen LogP contribution in [0.25, 0.3) is 10.2 Å². The Labute approximate surface area is 149 Å². The number of thiazole rings is 1. The number of rotatable bonds is 3. The summed E-state index contributed by atoms with van der Waals surface area (Å²) >= 11 is 1.62. The zero-order valence-electron chi connectivity index (χ0n) is 14.1. The number of nitrogens with one attached hydrogen (secondary N) is 3. The van der Waals surface area contributed by atoms with E-state index < -0.39 is 0 Å². The molecule has 0 atom stereocenters. The van der Waals surface area contributed by atoms with Gasteiger partial charge in [0.05, 0.1) is 15.2 Å². The van der Waals surface area contributed by atoms with Crippen LogP contribution in [-0.4, -0.2) is 24.0 Å². The SMILES string of the molecule is CNC(=O)Nc1cc(C(=O)Nc2ccc3sc(C)nc3c2)ccc1C. The highest BCUT2D eigenvalue weighted by atomic mass is 32.1. The smallest absolute Gasteiger partial charge is 0.318 e. The van der Waals surface area contributed by atoms with Crippen molar-refractivity contribution in [1.29, 1.82) is 0 Å². The summed E-state index contributed by atoms with van der Waals surface area (Å²) in [5, 5.41) is 9.06. The maximum absolute atomic E-state index is 12.5. The standard InChI is InChI=1S/C18H18N4O2S/c1-10-4-5-12(8-14(10)22-18(24)19-3)17(23)21-13-6-7-16-15(9-13)20-11(2)25-16/h4-9H,1-3H3,(H,21,23)(H2,19,22,24). The van der Waals surface area contributed by atoms with Crippen molar-refractivity contribution in [3.8, 4) is 0 Å². The Kier molecular flexibility index (Phi) is 4.67. The topological polar surface area (TPSA) is 83.1 Å². The Morgan fingerprint density at radius 2 is 1.84 bits per heavy atom. The summed E-state index contributed by atoms with van der Waals surface area (Å²) in [5.74, 6) is -0.244. The third kappa shape index (κ3) is 3.77. The van der Waals surface area contributed by atoms with Crippen molar-refractivity contribution in [2.24, 2.45) is 0 Å². The van der Waals surface area contributed by atoms with E-state index in [1.54, 1.807) is 29.5 Å². The third-order valence-electron chi connectivity index (χ3n) is 3.73. The first kappa shape index (κ1) is 16.9. The van der Waals surface area contributed by atoms with Crippen LogP contribution in [0.15, 0.2) is 36.4 Å². The molecule has 128 valence electrons. The Morgan fingerprint density at radius 1 is 1.04 bits per heavy atom. The summed E-state index contributed by atoms with van der Waals surface area (Å²) in [6.45, 7) is 3.82. The van der Waals surface area contributed by atoms with Gasteiger partial charge in [-0.25, -0.2) is 9.78 Å². The summed E-state index contributed by atoms with van der Waals surface area (Å²) < 4.78 is 1.09. The van der Waals surface area contributed by atoms with E-state index in [1.165, 1.54) is 7.05 Å². The van der Waals surface area contributed by atoms with Crippen molar-refractivity contribution >= 4 is 44.9 Å². The predicted molar refractivity (Wildman–Crippen MR) is 102 cm³/mol. The number of carbonyl (C=O) groups is 2. The molecule has 0 bridgehead atoms. The molecule has 3 rings (SSSR count). The highest BCUT2D eigenvalue weighted by Gasteiger charge is 2.11. The number of carbonyl (C=O) groups excluding carboxylic acids is 2. The average molecular weight is 354 g/mol. The van der Waals surface area contributed by atoms with Gasteiger partial charge < -0.3 is 16.0 Å². The Balaban J connectivity index is 1.82. The fraction of sp³-hybridized carbons (Fsp3) is 0.167. The highest BCUT2D eigenvalue weighted by molar-refractivity contribution is 7.18. The number of urea groups is 1. The second-order valence-electron chi connectivity index (χ2n) is 5.60. The van der Waals surface area contributed by atoms with Crippen molar-refractivity contribution in [2.75, 3.05) is 17.7 Å². The third-order valence-corrected chi connectivity index (χ3v) is 4.68. The molecule has 3 aromatic rings. The van der Waals surface area contributed by atoms with Gasteiger partial charge in [0.1, 0.15) is 0 Å². The Morgan fingerprint density at radius 3 is 2.60 bits per heavy atom. The zero-order valence-corrected chi connectivity index (χ0v) is 15.0. The molecule has 7 heteroatoms. The maximum atomic E-state index is 12.5. The molecule has 2 aromatic carbocycles. The summed E-state index contributed by atoms with van der Waals surface area (Å²) in [4.78, 5) is 28.5. The van der Waals surface area contributed by atoms with Crippen molar-refractivity contribution < 1.29 is 9.59 Å². The van der Waals surface area contributed by atoms with E-state index >= 15 is 0 Å². The lowest BCUT2D eigenvalue weighted by molar-refractivity contribution is 0.102. The van der Waals surface area contributed by atoms with E-state index in [2.05, 4.69) is 20.9 Å². The quantitative estimate of drug-likeness (QED) is 0.667. The minimum atomic E-state index is -0.329. The molecule has 0 aliphatic heterocycles. The van der Waals surface area contributed by atoms with Gasteiger partial charge in [0.2, 0.25) is 0 Å². The number of nitrogens with zero attached hydrogens (tertiary/aromatic N) is 1. The zero-order chi connectivity index (χ0) is 18.0. The predicted octanol–water partition coefficient (Wildman–Crippen LogP) is 3.92. The van der Waals surface area contributed by atoms with Gasteiger partial charge in [-0.15, -0.1) is 11.3 Å². The van der Waals surface area contributed by atoms with Crippen LogP contribution in [0, 0.1) is 13.8 Å². The fourth-order valence-corrected chi connectivity index (χ4v) is 3.21. The van der Waals surface area contributed by atoms with E-state index in [9.17, 15) is 9.59 Å². The Hall–Kier alpha value is -2.93. The fourth-order valence-electron chi connectivity index (χ4n) is 2.41. The number of amides is 3. The first-order valence-corrected chi connectivity index (χ1v) is 8.56. The molecule has 0 saturated carbocycles. The van der Waals surface area contributed by atoms with Crippen molar-refractivity contribution in [3.05, 3.63) is 52.5 Å². The van der Waals surface area contributed by atoms with Crippen molar-refractivity contribution in [3.63, 3.8) is 0 Å². The van der Waals surface area contributed by atoms with E-state index in [-0.39, 0.29) is 11.9 Å². The van der Waals surface area contributed by atoms with Gasteiger partial charge in [-0.3, -0.25) is 4.79 Å². The lowest BCUT2D eigenvalue weighted by atomic mass is 10.1. The number of benzene rings is 2. The molecule has 6 nitrogen and oxygen atoms in total. The average Bonchev–Trinajstić information content (AvgIpc) is 2.95. The number of anilines is 2. The summed E-state index contributed by atoms with van der Waals surface area (Å²) in [6, 6.07) is 10.5. The molecule has 0 aliphatic rings. The van der Waals surface area contributed by atoms with Crippen LogP contribution in [0.3, 0.4) is 0 Å². The second kappa shape index (κ2) is 6.90. The lowest BCUT2D eigenvalue weighted by Gasteiger charge is -2.11. The van der Waals surface area contributed by atoms with Gasteiger partial charge in [0.25, 0.3) is 5.91 Å². The Bertz CT molecular complexity index is 965. The second-order valence-corrected chi connectivity index (χ2v) is 6.84. The molecule has 0 unspecified atom stereocenters. The molecule has 0 fully saturated rings. The molecule has 1 aromatic heterocycles. The van der Waals surface area contributed by atoms with Crippen molar-refractivity contribution in [1.82, 2.24) is 10.3 Å². The lowest BCUT2D eigenvalue weighted by Crippen LogP contribution is -2.25. The van der Waals surface area contributed by atoms with Crippen LogP contribution in [0.4, 0.5) is 16.2 Å². The van der Waals surface area contributed by atoms with E-state index in [1.807, 2.05) is 32.0 Å². The van der Waals surface area contributed by atoms with Gasteiger partial charge >= 0.3 is 6.03 Å². The first-order chi connectivity index (χ1) is 12.0. The maximum Gasteiger partial charge on any atom is 0.318 e. The summed E-state index contributed by atoms with van der Waals surface area (Å²) in [6.07, 6.45) is 0. The molecule has 0 spiro atoms. The molecule has 1 heterocycles.